The number of nitrogens with zero attached hydrogens (tertiary/aromatic N) is 1. The summed E-state index contributed by atoms with van der Waals surface area (Å²) in [5.74, 6) is 0. The van der Waals surface area contributed by atoms with E-state index in [4.69, 9.17) is 0 Å². The minimum absolute atomic E-state index is 0.119. The van der Waals surface area contributed by atoms with E-state index in [1.165, 1.54) is 105 Å². The summed E-state index contributed by atoms with van der Waals surface area (Å²) in [4.78, 5) is 2.53. The molecular formula is C72H57N. The standard InChI is InChI=1S/C72H57N/c1-70(2,3)53-40-35-50(36-41-53)48-31-33-49(34-32-48)51-37-42-56(43-38-51)73(57-44-45-66-63(47-57)60-26-15-17-30-65(60)72(66,54-20-8-6-9-21-54)55-22-10-7-11-23-55)67-46-39-52-19-12-13-24-58(52)68(67)62-28-18-27-61-59-25-14-16-29-64(59)71(4,5)69(61)62/h6-47H,1-5H3. The van der Waals surface area contributed by atoms with Gasteiger partial charge in [0.25, 0.3) is 0 Å². The molecule has 11 aromatic rings. The molecular weight excluding hydrogens is 879 g/mol. The van der Waals surface area contributed by atoms with Gasteiger partial charge < -0.3 is 4.90 Å². The zero-order valence-corrected chi connectivity index (χ0v) is 42.2. The molecule has 0 amide bonds. The summed E-state index contributed by atoms with van der Waals surface area (Å²) >= 11 is 0. The Morgan fingerprint density at radius 2 is 0.836 bits per heavy atom. The summed E-state index contributed by atoms with van der Waals surface area (Å²) in [6.07, 6.45) is 0. The zero-order valence-electron chi connectivity index (χ0n) is 42.2. The zero-order chi connectivity index (χ0) is 49.5. The normalized spacial score (nSPS) is 13.8. The van der Waals surface area contributed by atoms with Crippen LogP contribution in [0.25, 0.3) is 66.4 Å². The molecule has 0 atom stereocenters. The van der Waals surface area contributed by atoms with E-state index in [9.17, 15) is 0 Å². The van der Waals surface area contributed by atoms with Gasteiger partial charge in [-0.1, -0.05) is 259 Å². The van der Waals surface area contributed by atoms with Crippen LogP contribution in [0, 0.1) is 0 Å². The summed E-state index contributed by atoms with van der Waals surface area (Å²) in [7, 11) is 0. The van der Waals surface area contributed by atoms with Crippen LogP contribution in [0.15, 0.2) is 255 Å². The smallest absolute Gasteiger partial charge is 0.0713 e. The van der Waals surface area contributed by atoms with E-state index in [1.807, 2.05) is 0 Å². The third kappa shape index (κ3) is 7.05. The molecule has 0 saturated heterocycles. The molecule has 0 heterocycles. The molecule has 0 saturated carbocycles. The average Bonchev–Trinajstić information content (AvgIpc) is 3.87. The fraction of sp³-hybridized carbons (Fsp3) is 0.111. The fourth-order valence-corrected chi connectivity index (χ4v) is 12.6. The van der Waals surface area contributed by atoms with Gasteiger partial charge in [-0.25, -0.2) is 0 Å². The maximum atomic E-state index is 2.53. The van der Waals surface area contributed by atoms with Crippen molar-refractivity contribution in [2.24, 2.45) is 0 Å². The quantitative estimate of drug-likeness (QED) is 0.147. The van der Waals surface area contributed by atoms with Crippen LogP contribution < -0.4 is 4.90 Å². The number of benzene rings is 11. The maximum Gasteiger partial charge on any atom is 0.0713 e. The predicted octanol–water partition coefficient (Wildman–Crippen LogP) is 19.3. The van der Waals surface area contributed by atoms with Crippen molar-refractivity contribution in [3.05, 3.63) is 294 Å². The Labute approximate surface area is 430 Å². The Bertz CT molecular complexity index is 3830. The second kappa shape index (κ2) is 17.1. The van der Waals surface area contributed by atoms with Crippen LogP contribution in [0.2, 0.25) is 0 Å². The molecule has 2 aliphatic rings. The van der Waals surface area contributed by atoms with Gasteiger partial charge in [-0.15, -0.1) is 0 Å². The second-order valence-electron chi connectivity index (χ2n) is 21.6. The molecule has 0 bridgehead atoms. The van der Waals surface area contributed by atoms with Crippen LogP contribution in [-0.2, 0) is 16.2 Å². The van der Waals surface area contributed by atoms with Crippen molar-refractivity contribution in [3.63, 3.8) is 0 Å². The molecule has 350 valence electrons. The van der Waals surface area contributed by atoms with Gasteiger partial charge in [-0.2, -0.15) is 0 Å². The number of fused-ring (bicyclic) bond motifs is 7. The highest BCUT2D eigenvalue weighted by Crippen LogP contribution is 2.59. The van der Waals surface area contributed by atoms with Crippen molar-refractivity contribution in [1.29, 1.82) is 0 Å². The lowest BCUT2D eigenvalue weighted by atomic mass is 9.68. The lowest BCUT2D eigenvalue weighted by molar-refractivity contribution is 0.590. The molecule has 2 aliphatic carbocycles. The Balaban J connectivity index is 1.02. The van der Waals surface area contributed by atoms with Gasteiger partial charge in [-0.3, -0.25) is 0 Å². The first-order chi connectivity index (χ1) is 35.6. The van der Waals surface area contributed by atoms with Crippen LogP contribution in [0.1, 0.15) is 73.6 Å². The van der Waals surface area contributed by atoms with Crippen LogP contribution in [0.3, 0.4) is 0 Å². The van der Waals surface area contributed by atoms with Gasteiger partial charge in [0.2, 0.25) is 0 Å². The maximum absolute atomic E-state index is 2.53. The van der Waals surface area contributed by atoms with Crippen molar-refractivity contribution < 1.29 is 0 Å². The van der Waals surface area contributed by atoms with Gasteiger partial charge in [0.1, 0.15) is 0 Å². The summed E-state index contributed by atoms with van der Waals surface area (Å²) < 4.78 is 0. The van der Waals surface area contributed by atoms with E-state index in [-0.39, 0.29) is 10.8 Å². The van der Waals surface area contributed by atoms with Crippen molar-refractivity contribution >= 4 is 27.8 Å². The van der Waals surface area contributed by atoms with Crippen LogP contribution in [0.5, 0.6) is 0 Å². The van der Waals surface area contributed by atoms with Gasteiger partial charge in [0, 0.05) is 22.4 Å². The van der Waals surface area contributed by atoms with E-state index < -0.39 is 5.41 Å². The number of rotatable bonds is 8. The summed E-state index contributed by atoms with van der Waals surface area (Å²) in [5, 5.41) is 2.45. The first-order valence-electron chi connectivity index (χ1n) is 25.8. The summed E-state index contributed by atoms with van der Waals surface area (Å²) in [6, 6.07) is 95.4. The molecule has 0 radical (unpaired) electrons. The third-order valence-corrected chi connectivity index (χ3v) is 16.1. The fourth-order valence-electron chi connectivity index (χ4n) is 12.6. The van der Waals surface area contributed by atoms with E-state index in [0.717, 1.165) is 17.1 Å². The van der Waals surface area contributed by atoms with E-state index >= 15 is 0 Å². The third-order valence-electron chi connectivity index (χ3n) is 16.1. The number of anilines is 3. The van der Waals surface area contributed by atoms with Crippen LogP contribution >= 0.6 is 0 Å². The molecule has 0 aliphatic heterocycles. The molecule has 0 unspecified atom stereocenters. The Hall–Kier alpha value is -8.52. The first-order valence-corrected chi connectivity index (χ1v) is 25.8. The van der Waals surface area contributed by atoms with E-state index in [2.05, 4.69) is 294 Å². The molecule has 0 aromatic heterocycles. The second-order valence-corrected chi connectivity index (χ2v) is 21.6. The molecule has 1 nitrogen and oxygen atoms in total. The van der Waals surface area contributed by atoms with Crippen LogP contribution in [0.4, 0.5) is 17.1 Å². The van der Waals surface area contributed by atoms with E-state index in [0.29, 0.717) is 0 Å². The summed E-state index contributed by atoms with van der Waals surface area (Å²) in [5.41, 5.74) is 24.4. The molecule has 0 fully saturated rings. The average molecular weight is 936 g/mol. The predicted molar refractivity (Wildman–Crippen MR) is 309 cm³/mol. The molecule has 73 heavy (non-hydrogen) atoms. The van der Waals surface area contributed by atoms with Gasteiger partial charge in [-0.05, 0) is 136 Å². The Morgan fingerprint density at radius 3 is 1.47 bits per heavy atom. The number of hydrogen-bond acceptors (Lipinski definition) is 1. The minimum Gasteiger partial charge on any atom is -0.310 e. The highest BCUT2D eigenvalue weighted by atomic mass is 15.1. The van der Waals surface area contributed by atoms with Crippen molar-refractivity contribution in [3.8, 4) is 55.6 Å². The van der Waals surface area contributed by atoms with Crippen molar-refractivity contribution in [1.82, 2.24) is 0 Å². The van der Waals surface area contributed by atoms with Crippen molar-refractivity contribution in [2.45, 2.75) is 50.9 Å². The summed E-state index contributed by atoms with van der Waals surface area (Å²) in [6.45, 7) is 11.6. The highest BCUT2D eigenvalue weighted by Gasteiger charge is 2.46. The van der Waals surface area contributed by atoms with Gasteiger partial charge >= 0.3 is 0 Å². The lowest BCUT2D eigenvalue weighted by Gasteiger charge is -2.34. The highest BCUT2D eigenvalue weighted by molar-refractivity contribution is 6.08. The molecule has 1 heteroatoms. The monoisotopic (exact) mass is 935 g/mol. The van der Waals surface area contributed by atoms with E-state index in [1.54, 1.807) is 0 Å². The SMILES string of the molecule is CC(C)(C)c1ccc(-c2ccc(-c3ccc(N(c4ccc5c(c4)-c4ccccc4C5(c4ccccc4)c4ccccc4)c4ccc5ccccc5c4-c4cccc5c4C(C)(C)c4ccccc4-5)cc3)cc2)cc1. The first kappa shape index (κ1) is 44.4. The van der Waals surface area contributed by atoms with Crippen molar-refractivity contribution in [2.75, 3.05) is 4.90 Å². The van der Waals surface area contributed by atoms with Crippen LogP contribution in [-0.4, -0.2) is 0 Å². The molecule has 13 rings (SSSR count). The number of hydrogen-bond donors (Lipinski definition) is 0. The minimum atomic E-state index is -0.496. The molecule has 0 N–H and O–H groups in total. The van der Waals surface area contributed by atoms with Gasteiger partial charge in [0.05, 0.1) is 11.1 Å². The van der Waals surface area contributed by atoms with Gasteiger partial charge in [0.15, 0.2) is 0 Å². The molecule has 11 aromatic carbocycles. The molecule has 0 spiro atoms. The largest absolute Gasteiger partial charge is 0.310 e. The lowest BCUT2D eigenvalue weighted by Crippen LogP contribution is -2.28. The topological polar surface area (TPSA) is 3.24 Å². The Kier molecular flexibility index (Phi) is 10.4. The Morgan fingerprint density at radius 1 is 0.356 bits per heavy atom.